The van der Waals surface area contributed by atoms with E-state index in [1.165, 1.54) is 18.4 Å². The van der Waals surface area contributed by atoms with Gasteiger partial charge in [0.2, 0.25) is 0 Å². The number of aryl methyl sites for hydroxylation is 1. The number of hydrogen-bond acceptors (Lipinski definition) is 4. The Hall–Kier alpha value is -1.81. The first-order valence-corrected chi connectivity index (χ1v) is 11.0. The summed E-state index contributed by atoms with van der Waals surface area (Å²) < 4.78 is 7.29. The average Bonchev–Trinajstić information content (AvgIpc) is 3.29. The van der Waals surface area contributed by atoms with Crippen LogP contribution in [0, 0.1) is 5.92 Å². The van der Waals surface area contributed by atoms with Gasteiger partial charge in [-0.25, -0.2) is 0 Å². The lowest BCUT2D eigenvalue weighted by Crippen LogP contribution is -2.40. The summed E-state index contributed by atoms with van der Waals surface area (Å²) in [5.74, 6) is 2.30. The third kappa shape index (κ3) is 7.68. The summed E-state index contributed by atoms with van der Waals surface area (Å²) in [6, 6.07) is 10.9. The highest BCUT2D eigenvalue weighted by molar-refractivity contribution is 14.0. The van der Waals surface area contributed by atoms with E-state index in [1.807, 2.05) is 23.1 Å². The second kappa shape index (κ2) is 13.6. The van der Waals surface area contributed by atoms with Crippen molar-refractivity contribution in [2.45, 2.75) is 38.8 Å². The van der Waals surface area contributed by atoms with Crippen LogP contribution in [-0.4, -0.2) is 61.0 Å². The van der Waals surface area contributed by atoms with Crippen LogP contribution in [0.1, 0.15) is 37.8 Å². The van der Waals surface area contributed by atoms with E-state index < -0.39 is 0 Å². The molecule has 2 N–H and O–H groups in total. The molecule has 1 aliphatic heterocycles. The molecule has 1 aromatic heterocycles. The minimum absolute atomic E-state index is 0. The van der Waals surface area contributed by atoms with E-state index in [-0.39, 0.29) is 24.0 Å². The fraction of sp³-hybridized carbons (Fsp3) is 0.565. The number of nitrogens with one attached hydrogen (secondary N) is 2. The molecule has 2 aromatic rings. The first kappa shape index (κ1) is 25.5. The Labute approximate surface area is 203 Å². The Balaban J connectivity index is 0.00000341. The molecule has 3 rings (SSSR count). The number of hydrogen-bond donors (Lipinski definition) is 2. The van der Waals surface area contributed by atoms with Crippen LogP contribution in [0.4, 0.5) is 0 Å². The SMILES string of the molecule is CCNC(=NCC1CCCN(C)C1c1ccc(OC)cc1)NCCCn1cccn1.I. The van der Waals surface area contributed by atoms with Crippen molar-refractivity contribution in [3.05, 3.63) is 48.3 Å². The van der Waals surface area contributed by atoms with Gasteiger partial charge in [0.15, 0.2) is 5.96 Å². The van der Waals surface area contributed by atoms with Gasteiger partial charge in [-0.2, -0.15) is 5.10 Å². The maximum atomic E-state index is 5.33. The normalized spacial score (nSPS) is 19.5. The molecule has 2 atom stereocenters. The minimum Gasteiger partial charge on any atom is -0.497 e. The van der Waals surface area contributed by atoms with Gasteiger partial charge in [-0.1, -0.05) is 12.1 Å². The molecule has 0 radical (unpaired) electrons. The zero-order chi connectivity index (χ0) is 21.2. The standard InChI is InChI=1S/C23H36N6O.HI/c1-4-24-23(25-13-6-16-29-17-7-14-27-29)26-18-20-8-5-15-28(2)22(20)19-9-11-21(30-3)12-10-19;/h7,9-12,14,17,20,22H,4-6,8,13,15-16,18H2,1-3H3,(H2,24,25,26);1H. The predicted molar refractivity (Wildman–Crippen MR) is 137 cm³/mol. The topological polar surface area (TPSA) is 66.7 Å². The molecule has 7 nitrogen and oxygen atoms in total. The van der Waals surface area contributed by atoms with Gasteiger partial charge in [0, 0.05) is 44.6 Å². The summed E-state index contributed by atoms with van der Waals surface area (Å²) in [5.41, 5.74) is 1.34. The maximum absolute atomic E-state index is 5.33. The lowest BCUT2D eigenvalue weighted by molar-refractivity contribution is 0.125. The molecule has 172 valence electrons. The molecular formula is C23H37IN6O. The summed E-state index contributed by atoms with van der Waals surface area (Å²) >= 11 is 0. The van der Waals surface area contributed by atoms with E-state index in [4.69, 9.17) is 9.73 Å². The van der Waals surface area contributed by atoms with Crippen molar-refractivity contribution < 1.29 is 4.74 Å². The number of halogens is 1. The average molecular weight is 540 g/mol. The largest absolute Gasteiger partial charge is 0.497 e. The van der Waals surface area contributed by atoms with Crippen LogP contribution in [0.2, 0.25) is 0 Å². The summed E-state index contributed by atoms with van der Waals surface area (Å²) in [6.45, 7) is 6.69. The number of rotatable bonds is 9. The highest BCUT2D eigenvalue weighted by Gasteiger charge is 2.30. The van der Waals surface area contributed by atoms with Crippen LogP contribution < -0.4 is 15.4 Å². The van der Waals surface area contributed by atoms with Gasteiger partial charge in [0.25, 0.3) is 0 Å². The minimum atomic E-state index is 0. The zero-order valence-corrected chi connectivity index (χ0v) is 21.3. The van der Waals surface area contributed by atoms with Gasteiger partial charge in [0.05, 0.1) is 7.11 Å². The number of aliphatic imine (C=N–C) groups is 1. The van der Waals surface area contributed by atoms with Crippen LogP contribution in [0.5, 0.6) is 5.75 Å². The maximum Gasteiger partial charge on any atom is 0.191 e. The fourth-order valence-electron chi connectivity index (χ4n) is 4.21. The van der Waals surface area contributed by atoms with E-state index in [0.29, 0.717) is 12.0 Å². The van der Waals surface area contributed by atoms with Crippen molar-refractivity contribution in [3.63, 3.8) is 0 Å². The van der Waals surface area contributed by atoms with Crippen LogP contribution >= 0.6 is 24.0 Å². The molecule has 0 bridgehead atoms. The Bertz CT molecular complexity index is 765. The molecule has 0 spiro atoms. The van der Waals surface area contributed by atoms with E-state index in [1.54, 1.807) is 7.11 Å². The summed E-state index contributed by atoms with van der Waals surface area (Å²) in [6.07, 6.45) is 7.24. The molecule has 1 aliphatic rings. The van der Waals surface area contributed by atoms with Gasteiger partial charge in [0.1, 0.15) is 5.75 Å². The number of ether oxygens (including phenoxy) is 1. The van der Waals surface area contributed by atoms with Crippen LogP contribution in [0.15, 0.2) is 47.7 Å². The molecule has 31 heavy (non-hydrogen) atoms. The number of methoxy groups -OCH3 is 1. The number of benzene rings is 1. The first-order chi connectivity index (χ1) is 14.7. The van der Waals surface area contributed by atoms with Gasteiger partial charge < -0.3 is 15.4 Å². The Morgan fingerprint density at radius 1 is 1.26 bits per heavy atom. The van der Waals surface area contributed by atoms with E-state index in [9.17, 15) is 0 Å². The first-order valence-electron chi connectivity index (χ1n) is 11.0. The van der Waals surface area contributed by atoms with Crippen molar-refractivity contribution in [2.75, 3.05) is 40.3 Å². The number of piperidine rings is 1. The molecule has 8 heteroatoms. The molecule has 1 fully saturated rings. The monoisotopic (exact) mass is 540 g/mol. The summed E-state index contributed by atoms with van der Waals surface area (Å²) in [5, 5.41) is 11.1. The van der Waals surface area contributed by atoms with Crippen LogP contribution in [-0.2, 0) is 6.54 Å². The quantitative estimate of drug-likeness (QED) is 0.221. The molecule has 2 unspecified atom stereocenters. The van der Waals surface area contributed by atoms with Crippen molar-refractivity contribution in [3.8, 4) is 5.75 Å². The number of aromatic nitrogens is 2. The smallest absolute Gasteiger partial charge is 0.191 e. The van der Waals surface area contributed by atoms with Crippen molar-refractivity contribution >= 4 is 29.9 Å². The van der Waals surface area contributed by atoms with Crippen molar-refractivity contribution in [2.24, 2.45) is 10.9 Å². The van der Waals surface area contributed by atoms with Crippen LogP contribution in [0.3, 0.4) is 0 Å². The van der Waals surface area contributed by atoms with Gasteiger partial charge >= 0.3 is 0 Å². The number of nitrogens with zero attached hydrogens (tertiary/aromatic N) is 4. The summed E-state index contributed by atoms with van der Waals surface area (Å²) in [7, 11) is 3.94. The van der Waals surface area contributed by atoms with Gasteiger partial charge in [-0.05, 0) is 69.5 Å². The van der Waals surface area contributed by atoms with E-state index in [2.05, 4.69) is 58.9 Å². The lowest BCUT2D eigenvalue weighted by Gasteiger charge is -2.39. The Morgan fingerprint density at radius 3 is 2.74 bits per heavy atom. The lowest BCUT2D eigenvalue weighted by atomic mass is 9.85. The van der Waals surface area contributed by atoms with Gasteiger partial charge in [-0.3, -0.25) is 14.6 Å². The van der Waals surface area contributed by atoms with E-state index >= 15 is 0 Å². The molecule has 0 aliphatic carbocycles. The second-order valence-corrected chi connectivity index (χ2v) is 7.87. The molecule has 1 aromatic carbocycles. The van der Waals surface area contributed by atoms with Crippen molar-refractivity contribution in [1.82, 2.24) is 25.3 Å². The van der Waals surface area contributed by atoms with Gasteiger partial charge in [-0.15, -0.1) is 24.0 Å². The molecule has 0 amide bonds. The zero-order valence-electron chi connectivity index (χ0n) is 19.0. The third-order valence-electron chi connectivity index (χ3n) is 5.71. The highest BCUT2D eigenvalue weighted by Crippen LogP contribution is 2.35. The number of guanidine groups is 1. The highest BCUT2D eigenvalue weighted by atomic mass is 127. The summed E-state index contributed by atoms with van der Waals surface area (Å²) in [4.78, 5) is 7.40. The fourth-order valence-corrected chi connectivity index (χ4v) is 4.21. The second-order valence-electron chi connectivity index (χ2n) is 7.87. The number of likely N-dealkylation sites (tertiary alicyclic amines) is 1. The Kier molecular flexibility index (Phi) is 11.1. The van der Waals surface area contributed by atoms with Crippen molar-refractivity contribution in [1.29, 1.82) is 0 Å². The molecule has 1 saturated heterocycles. The predicted octanol–water partition coefficient (Wildman–Crippen LogP) is 3.54. The third-order valence-corrected chi connectivity index (χ3v) is 5.71. The molecule has 2 heterocycles. The van der Waals surface area contributed by atoms with E-state index in [0.717, 1.165) is 50.9 Å². The molecular weight excluding hydrogens is 503 g/mol. The Morgan fingerprint density at radius 2 is 2.06 bits per heavy atom. The van der Waals surface area contributed by atoms with Crippen LogP contribution in [0.25, 0.3) is 0 Å². The molecule has 0 saturated carbocycles.